The molecule has 0 unspecified atom stereocenters. The number of thiophene rings is 1. The van der Waals surface area contributed by atoms with Gasteiger partial charge in [-0.2, -0.15) is 0 Å². The monoisotopic (exact) mass is 458 g/mol. The van der Waals surface area contributed by atoms with Crippen LogP contribution in [0.1, 0.15) is 12.8 Å². The molecule has 28 heavy (non-hydrogen) atoms. The van der Waals surface area contributed by atoms with Crippen LogP contribution in [0.4, 0.5) is 10.8 Å². The van der Waals surface area contributed by atoms with Crippen molar-refractivity contribution in [1.29, 1.82) is 0 Å². The van der Waals surface area contributed by atoms with Crippen LogP contribution in [0.15, 0.2) is 39.9 Å². The van der Waals surface area contributed by atoms with E-state index in [0.717, 1.165) is 36.1 Å². The first kappa shape index (κ1) is 21.0. The fourth-order valence-electron chi connectivity index (χ4n) is 2.95. The molecule has 1 aromatic carbocycles. The van der Waals surface area contributed by atoms with Crippen molar-refractivity contribution in [2.24, 2.45) is 5.92 Å². The highest BCUT2D eigenvalue weighted by molar-refractivity contribution is 7.94. The van der Waals surface area contributed by atoms with Gasteiger partial charge < -0.3 is 10.6 Å². The maximum Gasteiger partial charge on any atom is 0.271 e. The van der Waals surface area contributed by atoms with E-state index in [0.29, 0.717) is 10.8 Å². The van der Waals surface area contributed by atoms with Crippen LogP contribution in [0.25, 0.3) is 10.2 Å². The molecule has 1 amide bonds. The third-order valence-electron chi connectivity index (χ3n) is 4.34. The van der Waals surface area contributed by atoms with Crippen molar-refractivity contribution in [3.8, 4) is 0 Å². The summed E-state index contributed by atoms with van der Waals surface area (Å²) in [6, 6.07) is 8.41. The van der Waals surface area contributed by atoms with Crippen LogP contribution in [0.3, 0.4) is 0 Å². The molecule has 0 aliphatic carbocycles. The lowest BCUT2D eigenvalue weighted by molar-refractivity contribution is -0.120. The minimum absolute atomic E-state index is 0. The second-order valence-electron chi connectivity index (χ2n) is 6.25. The molecule has 3 heterocycles. The summed E-state index contributed by atoms with van der Waals surface area (Å²) in [7, 11) is -3.59. The quantitative estimate of drug-likeness (QED) is 0.543. The van der Waals surface area contributed by atoms with E-state index in [1.807, 2.05) is 0 Å². The first-order chi connectivity index (χ1) is 13.0. The number of piperidine rings is 1. The topological polar surface area (TPSA) is 100 Å². The molecule has 1 aliphatic rings. The van der Waals surface area contributed by atoms with E-state index in [2.05, 4.69) is 20.3 Å². The van der Waals surface area contributed by atoms with Gasteiger partial charge in [0, 0.05) is 5.92 Å². The number of benzene rings is 1. The van der Waals surface area contributed by atoms with Crippen molar-refractivity contribution in [1.82, 2.24) is 10.3 Å². The Hall–Kier alpha value is -1.72. The third-order valence-corrected chi connectivity index (χ3v) is 8.05. The van der Waals surface area contributed by atoms with E-state index < -0.39 is 10.0 Å². The van der Waals surface area contributed by atoms with Crippen LogP contribution >= 0.6 is 35.1 Å². The predicted molar refractivity (Wildman–Crippen MR) is 116 cm³/mol. The van der Waals surface area contributed by atoms with E-state index in [-0.39, 0.29) is 28.4 Å². The molecule has 0 bridgehead atoms. The molecule has 3 aromatic rings. The minimum Gasteiger partial charge on any atom is -0.317 e. The number of hydrogen-bond donors (Lipinski definition) is 3. The van der Waals surface area contributed by atoms with Crippen molar-refractivity contribution < 1.29 is 13.2 Å². The molecule has 0 saturated carbocycles. The fraction of sp³-hybridized carbons (Fsp3) is 0.294. The molecule has 0 radical (unpaired) electrons. The molecule has 1 fully saturated rings. The number of fused-ring (bicyclic) bond motifs is 1. The van der Waals surface area contributed by atoms with Crippen molar-refractivity contribution in [2.75, 3.05) is 23.1 Å². The third kappa shape index (κ3) is 4.64. The Labute approximate surface area is 177 Å². The first-order valence-electron chi connectivity index (χ1n) is 8.50. The number of hydrogen-bond acceptors (Lipinski definition) is 7. The maximum absolute atomic E-state index is 12.4. The second kappa shape index (κ2) is 8.75. The van der Waals surface area contributed by atoms with E-state index in [4.69, 9.17) is 0 Å². The lowest BCUT2D eigenvalue weighted by Crippen LogP contribution is -2.34. The molecule has 2 aromatic heterocycles. The van der Waals surface area contributed by atoms with Gasteiger partial charge in [0.05, 0.1) is 15.9 Å². The number of rotatable bonds is 5. The zero-order chi connectivity index (χ0) is 18.9. The number of carbonyl (C=O) groups is 1. The van der Waals surface area contributed by atoms with Crippen LogP contribution in [0, 0.1) is 5.92 Å². The number of amides is 1. The van der Waals surface area contributed by atoms with Crippen LogP contribution < -0.4 is 15.4 Å². The van der Waals surface area contributed by atoms with Crippen molar-refractivity contribution in [3.05, 3.63) is 35.7 Å². The summed E-state index contributed by atoms with van der Waals surface area (Å²) in [5.41, 5.74) is 1.19. The highest BCUT2D eigenvalue weighted by atomic mass is 35.5. The summed E-state index contributed by atoms with van der Waals surface area (Å²) >= 11 is 2.50. The molecular weight excluding hydrogens is 440 g/mol. The lowest BCUT2D eigenvalue weighted by atomic mass is 9.97. The van der Waals surface area contributed by atoms with Gasteiger partial charge in [0.2, 0.25) is 5.91 Å². The smallest absolute Gasteiger partial charge is 0.271 e. The molecule has 11 heteroatoms. The Kier molecular flexibility index (Phi) is 6.56. The average molecular weight is 459 g/mol. The maximum atomic E-state index is 12.4. The van der Waals surface area contributed by atoms with Crippen molar-refractivity contribution >= 4 is 72.0 Å². The summed E-state index contributed by atoms with van der Waals surface area (Å²) in [6.45, 7) is 1.71. The zero-order valence-electron chi connectivity index (χ0n) is 14.7. The normalized spacial score (nSPS) is 15.1. The number of aromatic nitrogens is 1. The Bertz CT molecular complexity index is 1060. The average Bonchev–Trinajstić information content (AvgIpc) is 3.31. The van der Waals surface area contributed by atoms with Gasteiger partial charge in [0.15, 0.2) is 5.13 Å². The molecule has 0 spiro atoms. The van der Waals surface area contributed by atoms with Gasteiger partial charge >= 0.3 is 0 Å². The summed E-state index contributed by atoms with van der Waals surface area (Å²) in [4.78, 5) is 16.8. The van der Waals surface area contributed by atoms with Gasteiger partial charge in [-0.25, -0.2) is 13.4 Å². The van der Waals surface area contributed by atoms with Gasteiger partial charge in [-0.15, -0.1) is 23.7 Å². The largest absolute Gasteiger partial charge is 0.317 e. The summed E-state index contributed by atoms with van der Waals surface area (Å²) in [6.07, 6.45) is 1.65. The minimum atomic E-state index is -3.59. The number of anilines is 2. The fourth-order valence-corrected chi connectivity index (χ4v) is 5.91. The van der Waals surface area contributed by atoms with Crippen LogP contribution in [-0.2, 0) is 14.8 Å². The highest BCUT2D eigenvalue weighted by Gasteiger charge is 2.22. The Morgan fingerprint density at radius 1 is 1.21 bits per heavy atom. The van der Waals surface area contributed by atoms with Crippen LogP contribution in [0.2, 0.25) is 0 Å². The van der Waals surface area contributed by atoms with Gasteiger partial charge in [-0.05, 0) is 55.6 Å². The Morgan fingerprint density at radius 2 is 2.00 bits per heavy atom. The predicted octanol–water partition coefficient (Wildman–Crippen LogP) is 3.52. The Balaban J connectivity index is 0.00000225. The summed E-state index contributed by atoms with van der Waals surface area (Å²) < 4.78 is 28.4. The second-order valence-corrected chi connectivity index (χ2v) is 10.1. The van der Waals surface area contributed by atoms with Gasteiger partial charge in [-0.3, -0.25) is 9.52 Å². The van der Waals surface area contributed by atoms with Crippen LogP contribution in [-0.4, -0.2) is 32.4 Å². The highest BCUT2D eigenvalue weighted by Crippen LogP contribution is 2.30. The molecular formula is C17H19ClN4O3S3. The van der Waals surface area contributed by atoms with Gasteiger partial charge in [-0.1, -0.05) is 17.4 Å². The lowest BCUT2D eigenvalue weighted by Gasteiger charge is -2.20. The molecule has 0 atom stereocenters. The number of carbonyl (C=O) groups excluding carboxylic acids is 1. The molecule has 7 nitrogen and oxygen atoms in total. The molecule has 1 saturated heterocycles. The number of nitrogens with one attached hydrogen (secondary N) is 3. The first-order valence-corrected chi connectivity index (χ1v) is 11.7. The molecule has 3 N–H and O–H groups in total. The van der Waals surface area contributed by atoms with Gasteiger partial charge in [0.25, 0.3) is 10.0 Å². The van der Waals surface area contributed by atoms with Gasteiger partial charge in [0.1, 0.15) is 4.21 Å². The SMILES string of the molecule is Cl.O=C(Nc1nc2ccc(NS(=O)(=O)c3cccs3)cc2s1)C1CCNCC1. The Morgan fingerprint density at radius 3 is 2.71 bits per heavy atom. The zero-order valence-corrected chi connectivity index (χ0v) is 17.9. The number of halogens is 1. The standard InChI is InChI=1S/C17H18N4O3S3.ClH/c22-16(11-5-7-18-8-6-11)20-17-19-13-4-3-12(10-14(13)26-17)21-27(23,24)15-2-1-9-25-15;/h1-4,9-11,18,21H,5-8H2,(H,19,20,22);1H. The number of nitrogens with zero attached hydrogens (tertiary/aromatic N) is 1. The molecule has 150 valence electrons. The molecule has 1 aliphatic heterocycles. The van der Waals surface area contributed by atoms with Crippen LogP contribution in [0.5, 0.6) is 0 Å². The number of sulfonamides is 1. The number of thiazole rings is 1. The summed E-state index contributed by atoms with van der Waals surface area (Å²) in [5.74, 6) is 0.000562. The summed E-state index contributed by atoms with van der Waals surface area (Å²) in [5, 5.41) is 8.39. The van der Waals surface area contributed by atoms with E-state index in [1.165, 1.54) is 22.7 Å². The van der Waals surface area contributed by atoms with Crippen molar-refractivity contribution in [3.63, 3.8) is 0 Å². The molecule has 4 rings (SSSR count). The van der Waals surface area contributed by atoms with E-state index >= 15 is 0 Å². The van der Waals surface area contributed by atoms with E-state index in [9.17, 15) is 13.2 Å². The van der Waals surface area contributed by atoms with E-state index in [1.54, 1.807) is 35.7 Å². The van der Waals surface area contributed by atoms with Crippen molar-refractivity contribution in [2.45, 2.75) is 17.1 Å².